The van der Waals surface area contributed by atoms with Gasteiger partial charge in [-0.2, -0.15) is 0 Å². The van der Waals surface area contributed by atoms with Gasteiger partial charge in [0.25, 0.3) is 0 Å². The van der Waals surface area contributed by atoms with Crippen molar-refractivity contribution in [2.45, 2.75) is 26.3 Å². The Morgan fingerprint density at radius 1 is 1.43 bits per heavy atom. The van der Waals surface area contributed by atoms with E-state index in [2.05, 4.69) is 0 Å². The lowest BCUT2D eigenvalue weighted by Gasteiger charge is -2.21. The van der Waals surface area contributed by atoms with Crippen LogP contribution in [0.1, 0.15) is 29.3 Å². The van der Waals surface area contributed by atoms with Crippen molar-refractivity contribution in [3.05, 3.63) is 45.2 Å². The molecule has 1 aliphatic rings. The average molecular weight is 293 g/mol. The molecule has 1 aromatic heterocycles. The number of halogens is 2. The van der Waals surface area contributed by atoms with Gasteiger partial charge in [-0.25, -0.2) is 13.6 Å². The van der Waals surface area contributed by atoms with E-state index in [0.29, 0.717) is 24.9 Å². The number of ether oxygens (including phenoxy) is 1. The van der Waals surface area contributed by atoms with Crippen molar-refractivity contribution in [1.29, 1.82) is 0 Å². The highest BCUT2D eigenvalue weighted by atomic mass is 19.2. The van der Waals surface area contributed by atoms with E-state index in [9.17, 15) is 18.4 Å². The summed E-state index contributed by atoms with van der Waals surface area (Å²) in [7, 11) is 0. The largest absolute Gasteiger partial charge is 0.462 e. The first-order valence-electron chi connectivity index (χ1n) is 6.75. The molecule has 3 rings (SSSR count). The molecule has 110 valence electrons. The molecule has 6 heteroatoms. The molecule has 0 radical (unpaired) electrons. The van der Waals surface area contributed by atoms with Gasteiger partial charge in [-0.15, -0.1) is 0 Å². The summed E-state index contributed by atoms with van der Waals surface area (Å²) in [5.74, 6) is -2.73. The van der Waals surface area contributed by atoms with E-state index in [1.165, 1.54) is 6.20 Å². The van der Waals surface area contributed by atoms with Crippen molar-refractivity contribution >= 4 is 16.9 Å². The Balaban J connectivity index is 2.38. The summed E-state index contributed by atoms with van der Waals surface area (Å²) in [4.78, 5) is 24.2. The summed E-state index contributed by atoms with van der Waals surface area (Å²) in [5.41, 5.74) is -0.202. The van der Waals surface area contributed by atoms with Crippen LogP contribution in [0.5, 0.6) is 0 Å². The molecule has 4 nitrogen and oxygen atoms in total. The lowest BCUT2D eigenvalue weighted by Crippen LogP contribution is -2.24. The van der Waals surface area contributed by atoms with Gasteiger partial charge >= 0.3 is 5.97 Å². The molecule has 0 fully saturated rings. The third-order valence-corrected chi connectivity index (χ3v) is 3.67. The minimum absolute atomic E-state index is 0.0224. The lowest BCUT2D eigenvalue weighted by atomic mass is 9.99. The summed E-state index contributed by atoms with van der Waals surface area (Å²) in [5, 5.41) is 0.0224. The third kappa shape index (κ3) is 2.02. The number of rotatable bonds is 2. The van der Waals surface area contributed by atoms with Crippen molar-refractivity contribution in [2.24, 2.45) is 0 Å². The fourth-order valence-corrected chi connectivity index (χ4v) is 2.78. The first kappa shape index (κ1) is 13.7. The van der Waals surface area contributed by atoms with Crippen molar-refractivity contribution in [2.75, 3.05) is 6.61 Å². The van der Waals surface area contributed by atoms with E-state index in [-0.39, 0.29) is 23.1 Å². The number of esters is 1. The van der Waals surface area contributed by atoms with Gasteiger partial charge in [0, 0.05) is 23.7 Å². The smallest absolute Gasteiger partial charge is 0.343 e. The Hall–Kier alpha value is -2.24. The molecule has 2 aromatic rings. The highest BCUT2D eigenvalue weighted by Gasteiger charge is 2.24. The van der Waals surface area contributed by atoms with Gasteiger partial charge < -0.3 is 9.30 Å². The zero-order chi connectivity index (χ0) is 15.1. The van der Waals surface area contributed by atoms with Crippen molar-refractivity contribution in [1.82, 2.24) is 4.57 Å². The van der Waals surface area contributed by atoms with E-state index < -0.39 is 23.0 Å². The van der Waals surface area contributed by atoms with Crippen LogP contribution >= 0.6 is 0 Å². The number of hydrogen-bond acceptors (Lipinski definition) is 3. The highest BCUT2D eigenvalue weighted by Crippen LogP contribution is 2.28. The van der Waals surface area contributed by atoms with Crippen LogP contribution in [0.3, 0.4) is 0 Å². The van der Waals surface area contributed by atoms with Crippen molar-refractivity contribution in [3.63, 3.8) is 0 Å². The van der Waals surface area contributed by atoms with Gasteiger partial charge in [0.15, 0.2) is 11.6 Å². The fourth-order valence-electron chi connectivity index (χ4n) is 2.78. The molecule has 21 heavy (non-hydrogen) atoms. The molecule has 2 heterocycles. The zero-order valence-electron chi connectivity index (χ0n) is 11.4. The number of carbonyl (C=O) groups is 1. The minimum Gasteiger partial charge on any atom is -0.462 e. The molecule has 0 saturated carbocycles. The highest BCUT2D eigenvalue weighted by molar-refractivity contribution is 5.94. The SMILES string of the molecule is CCOC(=O)c1cn2c3c(c(F)c(F)cc3c1=O)CCC2. The number of benzene rings is 1. The zero-order valence-corrected chi connectivity index (χ0v) is 11.4. The lowest BCUT2D eigenvalue weighted by molar-refractivity contribution is 0.0524. The van der Waals surface area contributed by atoms with E-state index in [4.69, 9.17) is 4.74 Å². The molecule has 0 N–H and O–H groups in total. The quantitative estimate of drug-likeness (QED) is 0.799. The Kier molecular flexibility index (Phi) is 3.23. The van der Waals surface area contributed by atoms with Crippen LogP contribution < -0.4 is 5.43 Å². The molecule has 0 bridgehead atoms. The van der Waals surface area contributed by atoms with Crippen molar-refractivity contribution in [3.8, 4) is 0 Å². The Bertz CT molecular complexity index is 811. The number of nitrogens with zero attached hydrogens (tertiary/aromatic N) is 1. The summed E-state index contributed by atoms with van der Waals surface area (Å²) in [6.07, 6.45) is 2.37. The van der Waals surface area contributed by atoms with Crippen LogP contribution in [-0.4, -0.2) is 17.1 Å². The van der Waals surface area contributed by atoms with Crippen LogP contribution in [0.4, 0.5) is 8.78 Å². The Morgan fingerprint density at radius 2 is 2.19 bits per heavy atom. The molecule has 0 saturated heterocycles. The summed E-state index contributed by atoms with van der Waals surface area (Å²) in [6.45, 7) is 2.31. The predicted molar refractivity (Wildman–Crippen MR) is 72.4 cm³/mol. The van der Waals surface area contributed by atoms with Gasteiger partial charge in [-0.1, -0.05) is 0 Å². The van der Waals surface area contributed by atoms with Gasteiger partial charge in [-0.3, -0.25) is 4.79 Å². The molecule has 0 aliphatic carbocycles. The minimum atomic E-state index is -1.07. The van der Waals surface area contributed by atoms with Crippen molar-refractivity contribution < 1.29 is 18.3 Å². The summed E-state index contributed by atoms with van der Waals surface area (Å²) >= 11 is 0. The topological polar surface area (TPSA) is 48.3 Å². The number of hydrogen-bond donors (Lipinski definition) is 0. The van der Waals surface area contributed by atoms with Crippen LogP contribution in [0.15, 0.2) is 17.1 Å². The monoisotopic (exact) mass is 293 g/mol. The predicted octanol–water partition coefficient (Wildman–Crippen LogP) is 2.40. The van der Waals surface area contributed by atoms with Gasteiger partial charge in [0.05, 0.1) is 12.1 Å². The van der Waals surface area contributed by atoms with Gasteiger partial charge in [-0.05, 0) is 25.8 Å². The first-order chi connectivity index (χ1) is 10.0. The standard InChI is InChI=1S/C15H13F2NO3/c1-2-21-15(20)10-7-18-5-3-4-8-12(17)11(16)6-9(13(8)18)14(10)19/h6-7H,2-5H2,1H3. The van der Waals surface area contributed by atoms with Gasteiger partial charge in [0.2, 0.25) is 5.43 Å². The molecule has 0 atom stereocenters. The van der Waals surface area contributed by atoms with Crippen LogP contribution in [0.2, 0.25) is 0 Å². The summed E-state index contributed by atoms with van der Waals surface area (Å²) in [6, 6.07) is 0.862. The second-order valence-electron chi connectivity index (χ2n) is 4.94. The molecule has 0 spiro atoms. The Morgan fingerprint density at radius 3 is 2.90 bits per heavy atom. The number of aryl methyl sites for hydroxylation is 2. The third-order valence-electron chi connectivity index (χ3n) is 3.67. The molecule has 1 aromatic carbocycles. The number of carbonyl (C=O) groups excluding carboxylic acids is 1. The van der Waals surface area contributed by atoms with Crippen LogP contribution in [-0.2, 0) is 17.7 Å². The normalized spacial score (nSPS) is 13.5. The Labute approximate surface area is 118 Å². The van der Waals surface area contributed by atoms with Crippen LogP contribution in [0, 0.1) is 11.6 Å². The number of pyridine rings is 1. The average Bonchev–Trinajstić information content (AvgIpc) is 2.47. The van der Waals surface area contributed by atoms with E-state index in [0.717, 1.165) is 6.07 Å². The maximum Gasteiger partial charge on any atom is 0.343 e. The molecule has 0 unspecified atom stereocenters. The second kappa shape index (κ2) is 4.95. The second-order valence-corrected chi connectivity index (χ2v) is 4.94. The molecular formula is C15H13F2NO3. The molecule has 0 amide bonds. The van der Waals surface area contributed by atoms with E-state index >= 15 is 0 Å². The first-order valence-corrected chi connectivity index (χ1v) is 6.75. The van der Waals surface area contributed by atoms with E-state index in [1.807, 2.05) is 0 Å². The van der Waals surface area contributed by atoms with E-state index in [1.54, 1.807) is 11.5 Å². The summed E-state index contributed by atoms with van der Waals surface area (Å²) < 4.78 is 34.0. The number of aromatic nitrogens is 1. The molecule has 1 aliphatic heterocycles. The maximum absolute atomic E-state index is 13.9. The maximum atomic E-state index is 13.9. The fraction of sp³-hybridized carbons (Fsp3) is 0.333. The molecular weight excluding hydrogens is 280 g/mol. The van der Waals surface area contributed by atoms with Crippen LogP contribution in [0.25, 0.3) is 10.9 Å². The van der Waals surface area contributed by atoms with Gasteiger partial charge in [0.1, 0.15) is 5.56 Å².